The Kier molecular flexibility index (Phi) is 7.90. The Hall–Kier alpha value is -4.32. The minimum atomic E-state index is -1.65. The number of carbonyl (C=O) groups is 4. The van der Waals surface area contributed by atoms with Gasteiger partial charge >= 0.3 is 0 Å². The van der Waals surface area contributed by atoms with E-state index in [2.05, 4.69) is 5.32 Å². The molecule has 0 spiro atoms. The molecule has 46 heavy (non-hydrogen) atoms. The molecule has 4 atom stereocenters. The molecule has 0 radical (unpaired) electrons. The number of piperidine rings is 1. The second-order valence-corrected chi connectivity index (χ2v) is 13.8. The van der Waals surface area contributed by atoms with Crippen molar-refractivity contribution in [2.45, 2.75) is 64.5 Å². The fourth-order valence-electron chi connectivity index (χ4n) is 7.49. The Morgan fingerprint density at radius 2 is 1.87 bits per heavy atom. The molecule has 0 saturated carbocycles. The molecule has 3 aliphatic heterocycles. The highest BCUT2D eigenvalue weighted by molar-refractivity contribution is 7.98. The summed E-state index contributed by atoms with van der Waals surface area (Å²) in [7, 11) is 0. The highest BCUT2D eigenvalue weighted by atomic mass is 32.2. The van der Waals surface area contributed by atoms with Gasteiger partial charge in [0.1, 0.15) is 40.0 Å². The van der Waals surface area contributed by atoms with E-state index in [1.165, 1.54) is 26.8 Å². The minimum Gasteiger partial charge on any atom is -0.507 e. The van der Waals surface area contributed by atoms with Gasteiger partial charge < -0.3 is 29.7 Å². The zero-order valence-electron chi connectivity index (χ0n) is 26.4. The molecule has 4 heterocycles. The van der Waals surface area contributed by atoms with E-state index in [0.29, 0.717) is 31.8 Å². The number of rotatable bonds is 7. The number of Topliss-reactive ketones (excluding diaryl/α,β-unsaturated/α-hetero) is 2. The average Bonchev–Trinajstić information content (AvgIpc) is 3.30. The monoisotopic (exact) mass is 647 g/mol. The number of nitrogens with one attached hydrogen (secondary N) is 1. The lowest BCUT2D eigenvalue weighted by molar-refractivity contribution is -0.136. The van der Waals surface area contributed by atoms with Crippen LogP contribution in [-0.4, -0.2) is 74.1 Å². The maximum absolute atomic E-state index is 14.3. The predicted molar refractivity (Wildman–Crippen MR) is 171 cm³/mol. The van der Waals surface area contributed by atoms with Gasteiger partial charge in [0.2, 0.25) is 5.91 Å². The normalized spacial score (nSPS) is 24.7. The quantitative estimate of drug-likeness (QED) is 0.232. The van der Waals surface area contributed by atoms with Crippen LogP contribution in [0.25, 0.3) is 0 Å². The highest BCUT2D eigenvalue weighted by Gasteiger charge is 2.56. The van der Waals surface area contributed by atoms with E-state index in [0.717, 1.165) is 12.1 Å². The third kappa shape index (κ3) is 4.76. The summed E-state index contributed by atoms with van der Waals surface area (Å²) in [5, 5.41) is 24.9. The third-order valence-electron chi connectivity index (χ3n) is 9.85. The van der Waals surface area contributed by atoms with Gasteiger partial charge in [-0.1, -0.05) is 6.07 Å². The van der Waals surface area contributed by atoms with E-state index < -0.39 is 40.3 Å². The van der Waals surface area contributed by atoms with Gasteiger partial charge in [0.25, 0.3) is 5.56 Å². The zero-order valence-corrected chi connectivity index (χ0v) is 27.2. The van der Waals surface area contributed by atoms with Crippen molar-refractivity contribution >= 4 is 35.0 Å². The number of allylic oxidation sites excluding steroid dienone is 4. The van der Waals surface area contributed by atoms with Gasteiger partial charge in [-0.3, -0.25) is 24.0 Å². The zero-order chi connectivity index (χ0) is 33.2. The van der Waals surface area contributed by atoms with Crippen LogP contribution in [-0.2, 0) is 26.3 Å². The summed E-state index contributed by atoms with van der Waals surface area (Å²) >= 11 is 1.58. The lowest BCUT2D eigenvalue weighted by Gasteiger charge is -2.43. The smallest absolute Gasteiger partial charge is 0.250 e. The first-order valence-electron chi connectivity index (χ1n) is 15.3. The van der Waals surface area contributed by atoms with Crippen molar-refractivity contribution in [2.75, 3.05) is 25.1 Å². The van der Waals surface area contributed by atoms with Crippen molar-refractivity contribution in [1.29, 1.82) is 0 Å². The maximum Gasteiger partial charge on any atom is 0.250 e. The number of phenols is 2. The molecular weight excluding hydrogens is 610 g/mol. The number of hydrogen-bond donors (Lipinski definition) is 3. The molecule has 0 unspecified atom stereocenters. The Bertz CT molecular complexity index is 1840. The maximum atomic E-state index is 14.3. The number of benzene rings is 1. The topological polar surface area (TPSA) is 155 Å². The van der Waals surface area contributed by atoms with Crippen LogP contribution in [0.2, 0.25) is 0 Å². The SMILES string of the molecule is CSCC[C@H](N/C(C)=C1\C(=O)C=C2Oc3c(C(C)=O)c(O)c(C)c(O)c3[C@@]2(C)C1=O)C(=O)N1C[C@H]2C[C@@H](C1)c1cccc(=O)n1C2. The molecule has 3 N–H and O–H groups in total. The van der Waals surface area contributed by atoms with Crippen LogP contribution in [0.5, 0.6) is 17.2 Å². The third-order valence-corrected chi connectivity index (χ3v) is 10.5. The fraction of sp³-hybridized carbons (Fsp3) is 0.441. The molecule has 1 saturated heterocycles. The van der Waals surface area contributed by atoms with Gasteiger partial charge in [-0.05, 0) is 64.5 Å². The molecular formula is C34H37N3O8S. The molecule has 11 nitrogen and oxygen atoms in total. The molecule has 1 fully saturated rings. The lowest BCUT2D eigenvalue weighted by atomic mass is 9.70. The number of thioether (sulfide) groups is 1. The number of carbonyl (C=O) groups excluding carboxylic acids is 4. The molecule has 4 aliphatic rings. The Labute approximate surface area is 270 Å². The number of aromatic nitrogens is 1. The number of ether oxygens (including phenoxy) is 1. The van der Waals surface area contributed by atoms with Gasteiger partial charge in [0.15, 0.2) is 17.3 Å². The number of likely N-dealkylation sites (tertiary alicyclic amines) is 1. The van der Waals surface area contributed by atoms with Crippen LogP contribution in [0.1, 0.15) is 66.7 Å². The molecule has 1 aromatic carbocycles. The van der Waals surface area contributed by atoms with E-state index in [1.807, 2.05) is 21.8 Å². The van der Waals surface area contributed by atoms with E-state index >= 15 is 0 Å². The van der Waals surface area contributed by atoms with Crippen molar-refractivity contribution in [2.24, 2.45) is 5.92 Å². The number of aromatic hydroxyl groups is 2. The number of fused-ring (bicyclic) bond motifs is 7. The summed E-state index contributed by atoms with van der Waals surface area (Å²) in [5.41, 5.74) is -0.862. The number of nitrogens with zero attached hydrogens (tertiary/aromatic N) is 2. The highest BCUT2D eigenvalue weighted by Crippen LogP contribution is 2.57. The van der Waals surface area contributed by atoms with Crippen molar-refractivity contribution < 1.29 is 34.1 Å². The van der Waals surface area contributed by atoms with Crippen molar-refractivity contribution in [3.05, 3.63) is 74.0 Å². The van der Waals surface area contributed by atoms with Crippen LogP contribution in [0.3, 0.4) is 0 Å². The number of phenolic OH excluding ortho intramolecular Hbond substituents is 2. The first kappa shape index (κ1) is 31.7. The molecule has 1 amide bonds. The predicted octanol–water partition coefficient (Wildman–Crippen LogP) is 3.09. The molecule has 2 aromatic rings. The summed E-state index contributed by atoms with van der Waals surface area (Å²) < 4.78 is 7.67. The Balaban J connectivity index is 1.33. The van der Waals surface area contributed by atoms with Gasteiger partial charge in [0, 0.05) is 54.6 Å². The summed E-state index contributed by atoms with van der Waals surface area (Å²) in [6.07, 6.45) is 4.45. The molecule has 242 valence electrons. The summed E-state index contributed by atoms with van der Waals surface area (Å²) in [6, 6.07) is 4.54. The van der Waals surface area contributed by atoms with Crippen molar-refractivity contribution in [3.8, 4) is 17.2 Å². The van der Waals surface area contributed by atoms with E-state index in [1.54, 1.807) is 30.8 Å². The molecule has 12 heteroatoms. The van der Waals surface area contributed by atoms with E-state index in [9.17, 15) is 34.2 Å². The lowest BCUT2D eigenvalue weighted by Crippen LogP contribution is -2.54. The van der Waals surface area contributed by atoms with Crippen LogP contribution in [0, 0.1) is 12.8 Å². The molecule has 6 rings (SSSR count). The van der Waals surface area contributed by atoms with Crippen molar-refractivity contribution in [1.82, 2.24) is 14.8 Å². The summed E-state index contributed by atoms with van der Waals surface area (Å²) in [6.45, 7) is 7.28. The van der Waals surface area contributed by atoms with Crippen molar-refractivity contribution in [3.63, 3.8) is 0 Å². The summed E-state index contributed by atoms with van der Waals surface area (Å²) in [4.78, 5) is 68.7. The second-order valence-electron chi connectivity index (χ2n) is 12.8. The van der Waals surface area contributed by atoms with Crippen LogP contribution in [0.4, 0.5) is 0 Å². The molecule has 1 aromatic heterocycles. The van der Waals surface area contributed by atoms with Crippen LogP contribution < -0.4 is 15.6 Å². The minimum absolute atomic E-state index is 0.0105. The number of hydrogen-bond acceptors (Lipinski definition) is 10. The van der Waals surface area contributed by atoms with Crippen LogP contribution >= 0.6 is 11.8 Å². The second kappa shape index (κ2) is 11.5. The number of amides is 1. The average molecular weight is 648 g/mol. The Morgan fingerprint density at radius 3 is 2.57 bits per heavy atom. The van der Waals surface area contributed by atoms with Gasteiger partial charge in [-0.15, -0.1) is 0 Å². The van der Waals surface area contributed by atoms with E-state index in [4.69, 9.17) is 4.74 Å². The van der Waals surface area contributed by atoms with Gasteiger partial charge in [-0.25, -0.2) is 0 Å². The Morgan fingerprint density at radius 1 is 1.13 bits per heavy atom. The molecule has 1 aliphatic carbocycles. The summed E-state index contributed by atoms with van der Waals surface area (Å²) in [5.74, 6) is -2.18. The van der Waals surface area contributed by atoms with Crippen LogP contribution in [0.15, 0.2) is 46.1 Å². The van der Waals surface area contributed by atoms with Gasteiger partial charge in [-0.2, -0.15) is 11.8 Å². The fourth-order valence-corrected chi connectivity index (χ4v) is 7.96. The number of ketones is 3. The first-order valence-corrected chi connectivity index (χ1v) is 16.7. The standard InChI is InChI=1S/C34H37N3O8S/c1-16-29(41)27(18(3)38)31-28(30(16)42)34(4)24(45-31)12-23(39)26(32(34)43)17(2)35-21(9-10-46-5)33(44)36-13-19-11-20(15-36)22-7-6-8-25(40)37(22)14-19/h6-8,12,19-21,35,41-42H,9-11,13-15H2,1-5H3/b26-17+/t19-,20+,21+,34+/m1/s1. The largest absolute Gasteiger partial charge is 0.507 e. The number of pyridine rings is 1. The van der Waals surface area contributed by atoms with Gasteiger partial charge in [0.05, 0.1) is 11.1 Å². The van der Waals surface area contributed by atoms with E-state index in [-0.39, 0.29) is 62.8 Å². The first-order chi connectivity index (χ1) is 21.8. The molecule has 2 bridgehead atoms.